The van der Waals surface area contributed by atoms with Gasteiger partial charge >= 0.3 is 5.97 Å². The van der Waals surface area contributed by atoms with Gasteiger partial charge in [0.2, 0.25) is 0 Å². The smallest absolute Gasteiger partial charge is 0.338 e. The molecule has 192 valence electrons. The number of hydrogen-bond donors (Lipinski definition) is 0. The average molecular weight is 457 g/mol. The largest absolute Gasteiger partial charge is 0.461 e. The van der Waals surface area contributed by atoms with Crippen molar-refractivity contribution in [3.05, 3.63) is 0 Å². The third kappa shape index (κ3) is 13.8. The lowest BCUT2D eigenvalue weighted by Gasteiger charge is -2.30. The summed E-state index contributed by atoms with van der Waals surface area (Å²) in [6.07, 6.45) is 10.4. The number of carbonyl (C=O) groups is 1. The van der Waals surface area contributed by atoms with Crippen LogP contribution in [0.5, 0.6) is 0 Å². The molecule has 0 heterocycles. The standard InChI is InChI=1S/C28H56O4/c1-10-24(8)30-17-18-31-27(29)28(9,13-4)32-21-26(16-14-15-22(5)6)20-23(7)19-25(11-2)12-3/h22-26H,10-21H2,1-9H3. The van der Waals surface area contributed by atoms with Crippen molar-refractivity contribution in [2.75, 3.05) is 19.8 Å². The molecule has 32 heavy (non-hydrogen) atoms. The quantitative estimate of drug-likeness (QED) is 0.138. The van der Waals surface area contributed by atoms with Crippen LogP contribution >= 0.6 is 0 Å². The van der Waals surface area contributed by atoms with Gasteiger partial charge in [-0.2, -0.15) is 0 Å². The van der Waals surface area contributed by atoms with Gasteiger partial charge in [0.1, 0.15) is 6.61 Å². The number of carbonyl (C=O) groups excluding carboxylic acids is 1. The maximum Gasteiger partial charge on any atom is 0.338 e. The van der Waals surface area contributed by atoms with Crippen molar-refractivity contribution in [1.29, 1.82) is 0 Å². The van der Waals surface area contributed by atoms with E-state index >= 15 is 0 Å². The fourth-order valence-corrected chi connectivity index (χ4v) is 4.20. The zero-order valence-electron chi connectivity index (χ0n) is 23.0. The molecule has 0 fully saturated rings. The first-order valence-electron chi connectivity index (χ1n) is 13.5. The van der Waals surface area contributed by atoms with E-state index < -0.39 is 5.60 Å². The van der Waals surface area contributed by atoms with E-state index in [-0.39, 0.29) is 18.7 Å². The Bertz CT molecular complexity index is 460. The second kappa shape index (κ2) is 17.8. The highest BCUT2D eigenvalue weighted by Crippen LogP contribution is 2.29. The topological polar surface area (TPSA) is 44.8 Å². The summed E-state index contributed by atoms with van der Waals surface area (Å²) in [5.41, 5.74) is -0.884. The van der Waals surface area contributed by atoms with Gasteiger partial charge in [-0.1, -0.05) is 74.1 Å². The SMILES string of the molecule is CCC(CC)CC(C)CC(CCCC(C)C)COC(C)(CC)C(=O)OCCOC(C)CC. The van der Waals surface area contributed by atoms with Crippen LogP contribution in [0, 0.1) is 23.7 Å². The van der Waals surface area contributed by atoms with Gasteiger partial charge < -0.3 is 14.2 Å². The van der Waals surface area contributed by atoms with Crippen LogP contribution in [0.15, 0.2) is 0 Å². The number of rotatable bonds is 20. The van der Waals surface area contributed by atoms with Crippen LogP contribution in [0.3, 0.4) is 0 Å². The van der Waals surface area contributed by atoms with Gasteiger partial charge in [-0.15, -0.1) is 0 Å². The molecule has 4 unspecified atom stereocenters. The normalized spacial score (nSPS) is 16.7. The number of hydrogen-bond acceptors (Lipinski definition) is 4. The van der Waals surface area contributed by atoms with Gasteiger partial charge in [-0.05, 0) is 69.6 Å². The second-order valence-corrected chi connectivity index (χ2v) is 10.6. The predicted octanol–water partition coefficient (Wildman–Crippen LogP) is 7.83. The monoisotopic (exact) mass is 456 g/mol. The predicted molar refractivity (Wildman–Crippen MR) is 136 cm³/mol. The average Bonchev–Trinajstić information content (AvgIpc) is 2.77. The molecule has 0 aromatic heterocycles. The molecule has 0 aromatic rings. The van der Waals surface area contributed by atoms with Crippen molar-refractivity contribution in [2.24, 2.45) is 23.7 Å². The minimum Gasteiger partial charge on any atom is -0.461 e. The number of ether oxygens (including phenoxy) is 3. The highest BCUT2D eigenvalue weighted by Gasteiger charge is 2.35. The Morgan fingerprint density at radius 3 is 2.00 bits per heavy atom. The highest BCUT2D eigenvalue weighted by molar-refractivity contribution is 5.79. The van der Waals surface area contributed by atoms with E-state index in [0.717, 1.165) is 18.3 Å². The summed E-state index contributed by atoms with van der Waals surface area (Å²) in [7, 11) is 0. The van der Waals surface area contributed by atoms with Crippen LogP contribution in [-0.4, -0.2) is 37.5 Å². The van der Waals surface area contributed by atoms with Crippen molar-refractivity contribution >= 4 is 5.97 Å². The first-order chi connectivity index (χ1) is 15.1. The molecule has 0 spiro atoms. The molecule has 4 heteroatoms. The lowest BCUT2D eigenvalue weighted by molar-refractivity contribution is -0.174. The Morgan fingerprint density at radius 2 is 1.47 bits per heavy atom. The van der Waals surface area contributed by atoms with E-state index in [1.165, 1.54) is 44.9 Å². The summed E-state index contributed by atoms with van der Waals surface area (Å²) in [6, 6.07) is 0. The molecular weight excluding hydrogens is 400 g/mol. The maximum atomic E-state index is 12.8. The van der Waals surface area contributed by atoms with Gasteiger partial charge in [0.25, 0.3) is 0 Å². The highest BCUT2D eigenvalue weighted by atomic mass is 16.6. The lowest BCUT2D eigenvalue weighted by atomic mass is 9.84. The van der Waals surface area contributed by atoms with E-state index in [9.17, 15) is 4.79 Å². The lowest BCUT2D eigenvalue weighted by Crippen LogP contribution is -2.41. The van der Waals surface area contributed by atoms with Crippen molar-refractivity contribution in [2.45, 2.75) is 132 Å². The van der Waals surface area contributed by atoms with Gasteiger partial charge in [-0.3, -0.25) is 0 Å². The summed E-state index contributed by atoms with van der Waals surface area (Å²) in [4.78, 5) is 12.8. The summed E-state index contributed by atoms with van der Waals surface area (Å²) in [5, 5.41) is 0. The van der Waals surface area contributed by atoms with E-state index in [1.54, 1.807) is 0 Å². The Morgan fingerprint density at radius 1 is 0.844 bits per heavy atom. The van der Waals surface area contributed by atoms with Crippen LogP contribution < -0.4 is 0 Å². The molecule has 0 saturated carbocycles. The summed E-state index contributed by atoms with van der Waals surface area (Å²) in [5.74, 6) is 2.46. The summed E-state index contributed by atoms with van der Waals surface area (Å²) < 4.78 is 17.4. The maximum absolute atomic E-state index is 12.8. The van der Waals surface area contributed by atoms with Crippen molar-refractivity contribution in [3.8, 4) is 0 Å². The van der Waals surface area contributed by atoms with E-state index in [1.807, 2.05) is 20.8 Å². The van der Waals surface area contributed by atoms with Gasteiger partial charge in [-0.25, -0.2) is 4.79 Å². The van der Waals surface area contributed by atoms with E-state index in [2.05, 4.69) is 41.5 Å². The Balaban J connectivity index is 4.84. The zero-order chi connectivity index (χ0) is 24.6. The minimum atomic E-state index is -0.884. The molecule has 4 atom stereocenters. The molecule has 0 amide bonds. The molecular formula is C28H56O4. The van der Waals surface area contributed by atoms with E-state index in [4.69, 9.17) is 14.2 Å². The summed E-state index contributed by atoms with van der Waals surface area (Å²) >= 11 is 0. The third-order valence-corrected chi connectivity index (χ3v) is 7.06. The molecule has 0 aliphatic heterocycles. The fraction of sp³-hybridized carbons (Fsp3) is 0.964. The molecule has 0 saturated heterocycles. The zero-order valence-corrected chi connectivity index (χ0v) is 23.0. The van der Waals surface area contributed by atoms with Crippen molar-refractivity contribution in [3.63, 3.8) is 0 Å². The Labute approximate surface area is 200 Å². The van der Waals surface area contributed by atoms with Crippen molar-refractivity contribution in [1.82, 2.24) is 0 Å². The molecule has 0 radical (unpaired) electrons. The van der Waals surface area contributed by atoms with Gasteiger partial charge in [0, 0.05) is 0 Å². The third-order valence-electron chi connectivity index (χ3n) is 7.06. The van der Waals surface area contributed by atoms with Crippen LogP contribution in [0.1, 0.15) is 120 Å². The summed E-state index contributed by atoms with van der Waals surface area (Å²) in [6.45, 7) is 20.9. The molecule has 4 nitrogen and oxygen atoms in total. The molecule has 0 bridgehead atoms. The van der Waals surface area contributed by atoms with Crippen molar-refractivity contribution < 1.29 is 19.0 Å². The van der Waals surface area contributed by atoms with Gasteiger partial charge in [0.05, 0.1) is 19.3 Å². The van der Waals surface area contributed by atoms with Crippen LogP contribution in [0.2, 0.25) is 0 Å². The minimum absolute atomic E-state index is 0.191. The van der Waals surface area contributed by atoms with Crippen LogP contribution in [0.25, 0.3) is 0 Å². The molecule has 0 N–H and O–H groups in total. The molecule has 0 rings (SSSR count). The van der Waals surface area contributed by atoms with Crippen LogP contribution in [0.4, 0.5) is 0 Å². The Kier molecular flexibility index (Phi) is 17.5. The van der Waals surface area contributed by atoms with E-state index in [0.29, 0.717) is 31.5 Å². The molecule has 0 aromatic carbocycles. The first-order valence-corrected chi connectivity index (χ1v) is 13.5. The number of esters is 1. The Hall–Kier alpha value is -0.610. The second-order valence-electron chi connectivity index (χ2n) is 10.6. The molecule has 0 aliphatic carbocycles. The fourth-order valence-electron chi connectivity index (χ4n) is 4.20. The first kappa shape index (κ1) is 31.4. The van der Waals surface area contributed by atoms with Gasteiger partial charge in [0.15, 0.2) is 5.60 Å². The van der Waals surface area contributed by atoms with Crippen LogP contribution in [-0.2, 0) is 19.0 Å². The molecule has 0 aliphatic rings.